The van der Waals surface area contributed by atoms with E-state index in [-0.39, 0.29) is 0 Å². The van der Waals surface area contributed by atoms with Crippen molar-refractivity contribution in [2.75, 3.05) is 4.90 Å². The minimum absolute atomic E-state index is 0.321. The minimum atomic E-state index is -3.25. The van der Waals surface area contributed by atoms with E-state index >= 15 is 0 Å². The van der Waals surface area contributed by atoms with Gasteiger partial charge in [0.1, 0.15) is 11.2 Å². The number of hydrogen-bond acceptors (Lipinski definition) is 7. The summed E-state index contributed by atoms with van der Waals surface area (Å²) in [5, 5.41) is -0.404. The zero-order chi connectivity index (χ0) is 20.3. The molecule has 146 valence electrons. The second kappa shape index (κ2) is 7.98. The van der Waals surface area contributed by atoms with Crippen LogP contribution < -0.4 is 9.64 Å². The minimum Gasteiger partial charge on any atom is -0.443 e. The lowest BCUT2D eigenvalue weighted by Crippen LogP contribution is -2.44. The zero-order valence-electron chi connectivity index (χ0n) is 15.2. The molecule has 1 aromatic heterocycles. The van der Waals surface area contributed by atoms with Gasteiger partial charge < -0.3 is 14.2 Å². The van der Waals surface area contributed by atoms with E-state index in [2.05, 4.69) is 14.7 Å². The van der Waals surface area contributed by atoms with Crippen molar-refractivity contribution in [3.8, 4) is 5.75 Å². The number of amides is 2. The number of halogens is 3. The highest BCUT2D eigenvalue weighted by Gasteiger charge is 2.36. The van der Waals surface area contributed by atoms with Gasteiger partial charge in [-0.05, 0) is 53.1 Å². The average Bonchev–Trinajstić information content (AvgIpc) is 2.37. The number of nitrogens with zero attached hydrogens (tertiary/aromatic N) is 3. The molecule has 0 unspecified atom stereocenters. The Kier molecular flexibility index (Phi) is 6.70. The van der Waals surface area contributed by atoms with E-state index in [9.17, 15) is 18.4 Å². The molecule has 0 aliphatic carbocycles. The Bertz CT molecular complexity index is 646. The number of ether oxygens (including phenoxy) is 3. The third kappa shape index (κ3) is 6.95. The summed E-state index contributed by atoms with van der Waals surface area (Å²) in [5.41, 5.74) is -1.98. The van der Waals surface area contributed by atoms with Gasteiger partial charge in [0.05, 0.1) is 6.20 Å². The lowest BCUT2D eigenvalue weighted by Gasteiger charge is -2.28. The molecule has 11 heteroatoms. The summed E-state index contributed by atoms with van der Waals surface area (Å²) >= 11 is 5.68. The smallest absolute Gasteiger partial charge is 0.425 e. The molecule has 8 nitrogen and oxygen atoms in total. The first kappa shape index (κ1) is 21.8. The van der Waals surface area contributed by atoms with E-state index in [0.717, 1.165) is 6.20 Å². The number of imide groups is 1. The van der Waals surface area contributed by atoms with E-state index in [4.69, 9.17) is 21.1 Å². The van der Waals surface area contributed by atoms with Gasteiger partial charge in [0, 0.05) is 0 Å². The summed E-state index contributed by atoms with van der Waals surface area (Å²) in [6.07, 6.45) is -1.61. The fourth-order valence-corrected chi connectivity index (χ4v) is 1.67. The normalized spacial score (nSPS) is 11.9. The summed E-state index contributed by atoms with van der Waals surface area (Å²) in [5.74, 6) is -1.28. The molecule has 0 aromatic carbocycles. The van der Waals surface area contributed by atoms with Crippen LogP contribution in [0.4, 0.5) is 24.2 Å². The largest absolute Gasteiger partial charge is 0.443 e. The molecular weight excluding hydrogens is 376 g/mol. The fourth-order valence-electron chi connectivity index (χ4n) is 1.54. The average molecular weight is 396 g/mol. The summed E-state index contributed by atoms with van der Waals surface area (Å²) in [6, 6.07) is 0. The molecule has 1 aromatic rings. The predicted octanol–water partition coefficient (Wildman–Crippen LogP) is 4.41. The highest BCUT2D eigenvalue weighted by Crippen LogP contribution is 2.30. The van der Waals surface area contributed by atoms with Crippen LogP contribution in [0.2, 0.25) is 5.28 Å². The van der Waals surface area contributed by atoms with Gasteiger partial charge in [-0.2, -0.15) is 18.7 Å². The van der Waals surface area contributed by atoms with Gasteiger partial charge in [0.15, 0.2) is 11.6 Å². The Morgan fingerprint density at radius 2 is 1.54 bits per heavy atom. The van der Waals surface area contributed by atoms with E-state index in [0.29, 0.717) is 4.90 Å². The van der Waals surface area contributed by atoms with E-state index in [1.54, 1.807) is 41.5 Å². The quantitative estimate of drug-likeness (QED) is 0.700. The van der Waals surface area contributed by atoms with Crippen LogP contribution in [0.15, 0.2) is 6.20 Å². The van der Waals surface area contributed by atoms with E-state index < -0.39 is 46.9 Å². The third-order valence-corrected chi connectivity index (χ3v) is 2.47. The first-order valence-corrected chi connectivity index (χ1v) is 7.81. The van der Waals surface area contributed by atoms with Crippen molar-refractivity contribution in [1.82, 2.24) is 9.97 Å². The number of carbonyl (C=O) groups is 2. The maximum Gasteiger partial charge on any atom is 0.425 e. The van der Waals surface area contributed by atoms with Crippen LogP contribution >= 0.6 is 11.6 Å². The molecule has 0 saturated carbocycles. The lowest BCUT2D eigenvalue weighted by molar-refractivity contribution is -0.0501. The molecule has 0 saturated heterocycles. The zero-order valence-corrected chi connectivity index (χ0v) is 15.9. The van der Waals surface area contributed by atoms with E-state index in [1.807, 2.05) is 0 Å². The van der Waals surface area contributed by atoms with Crippen LogP contribution in [0.3, 0.4) is 0 Å². The van der Waals surface area contributed by atoms with Gasteiger partial charge in [-0.15, -0.1) is 0 Å². The third-order valence-electron chi connectivity index (χ3n) is 2.29. The van der Waals surface area contributed by atoms with Crippen molar-refractivity contribution in [3.63, 3.8) is 0 Å². The summed E-state index contributed by atoms with van der Waals surface area (Å²) in [7, 11) is 0. The van der Waals surface area contributed by atoms with Crippen LogP contribution in [0.25, 0.3) is 0 Å². The number of aromatic nitrogens is 2. The van der Waals surface area contributed by atoms with Crippen molar-refractivity contribution in [2.24, 2.45) is 0 Å². The number of carbonyl (C=O) groups excluding carboxylic acids is 2. The van der Waals surface area contributed by atoms with Crippen LogP contribution in [-0.4, -0.2) is 40.0 Å². The van der Waals surface area contributed by atoms with Crippen LogP contribution in [0.1, 0.15) is 41.5 Å². The van der Waals surface area contributed by atoms with Crippen molar-refractivity contribution in [1.29, 1.82) is 0 Å². The Balaban J connectivity index is 3.42. The molecule has 0 aliphatic rings. The predicted molar refractivity (Wildman–Crippen MR) is 88.6 cm³/mol. The SMILES string of the molecule is CC(C)(C)OC(=O)N(C(=O)OC(C)(C)C)c1nc(Cl)ncc1OC(F)F. The summed E-state index contributed by atoms with van der Waals surface area (Å²) < 4.78 is 39.8. The number of anilines is 1. The highest BCUT2D eigenvalue weighted by atomic mass is 35.5. The number of rotatable bonds is 3. The number of alkyl halides is 2. The monoisotopic (exact) mass is 395 g/mol. The standard InChI is InChI=1S/C15H20ClF2N3O5/c1-14(2,3)25-12(22)21(13(23)26-15(4,5)6)9-8(24-11(17)18)7-19-10(16)20-9/h7,11H,1-6H3. The maximum absolute atomic E-state index is 12.6. The van der Waals surface area contributed by atoms with Crippen LogP contribution in [0, 0.1) is 0 Å². The van der Waals surface area contributed by atoms with E-state index in [1.165, 1.54) is 0 Å². The van der Waals surface area contributed by atoms with Crippen molar-refractivity contribution < 1.29 is 32.6 Å². The second-order valence-corrected chi connectivity index (χ2v) is 7.34. The second-order valence-electron chi connectivity index (χ2n) is 7.00. The van der Waals surface area contributed by atoms with Crippen LogP contribution in [0.5, 0.6) is 5.75 Å². The molecule has 0 spiro atoms. The molecule has 1 rings (SSSR count). The molecule has 0 N–H and O–H groups in total. The lowest BCUT2D eigenvalue weighted by atomic mass is 10.2. The molecule has 1 heterocycles. The maximum atomic E-state index is 12.6. The molecule has 2 amide bonds. The first-order chi connectivity index (χ1) is 11.7. The van der Waals surface area contributed by atoms with Gasteiger partial charge in [0.25, 0.3) is 0 Å². The Morgan fingerprint density at radius 3 is 1.92 bits per heavy atom. The Morgan fingerprint density at radius 1 is 1.08 bits per heavy atom. The van der Waals surface area contributed by atoms with Crippen LogP contribution in [-0.2, 0) is 9.47 Å². The van der Waals surface area contributed by atoms with Crippen molar-refractivity contribution >= 4 is 29.6 Å². The van der Waals surface area contributed by atoms with Gasteiger partial charge in [-0.3, -0.25) is 0 Å². The summed E-state index contributed by atoms with van der Waals surface area (Å²) in [6.45, 7) is 6.09. The van der Waals surface area contributed by atoms with Crippen molar-refractivity contribution in [3.05, 3.63) is 11.5 Å². The fraction of sp³-hybridized carbons (Fsp3) is 0.600. The topological polar surface area (TPSA) is 90.9 Å². The van der Waals surface area contributed by atoms with Gasteiger partial charge >= 0.3 is 18.8 Å². The van der Waals surface area contributed by atoms with Gasteiger partial charge in [0.2, 0.25) is 5.28 Å². The van der Waals surface area contributed by atoms with Gasteiger partial charge in [-0.1, -0.05) is 0 Å². The Hall–Kier alpha value is -2.23. The first-order valence-electron chi connectivity index (χ1n) is 7.43. The molecular formula is C15H20ClF2N3O5. The van der Waals surface area contributed by atoms with Crippen molar-refractivity contribution in [2.45, 2.75) is 59.4 Å². The molecule has 26 heavy (non-hydrogen) atoms. The molecule has 0 atom stereocenters. The summed E-state index contributed by atoms with van der Waals surface area (Å²) in [4.78, 5) is 32.5. The molecule has 0 aliphatic heterocycles. The molecule has 0 radical (unpaired) electrons. The number of hydrogen-bond donors (Lipinski definition) is 0. The molecule has 0 bridgehead atoms. The molecule has 0 fully saturated rings. The highest BCUT2D eigenvalue weighted by molar-refractivity contribution is 6.28. The Labute approximate surface area is 154 Å². The van der Waals surface area contributed by atoms with Gasteiger partial charge in [-0.25, -0.2) is 14.6 Å².